The number of hydrogen-bond donors (Lipinski definition) is 0. The van der Waals surface area contributed by atoms with Crippen molar-refractivity contribution < 1.29 is 28.2 Å². The molecule has 0 aromatic heterocycles. The number of carbonyl (C=O) groups excluding carboxylic acids is 2. The Morgan fingerprint density at radius 3 is 2.74 bits per heavy atom. The van der Waals surface area contributed by atoms with Crippen molar-refractivity contribution in [2.45, 2.75) is 25.9 Å². The number of fused-ring (bicyclic) bond motifs is 1. The maximum absolute atomic E-state index is 13.3. The van der Waals surface area contributed by atoms with Crippen LogP contribution in [0.1, 0.15) is 29.5 Å². The molecule has 0 bridgehead atoms. The van der Waals surface area contributed by atoms with E-state index >= 15 is 0 Å². The average molecular weight is 369 g/mol. The number of Topliss-reactive ketones (excluding diaryl/α,β-unsaturated/α-hetero) is 1. The number of nitriles is 1. The quantitative estimate of drug-likeness (QED) is 0.551. The molecule has 2 aromatic rings. The Kier molecular flexibility index (Phi) is 5.67. The molecule has 2 aromatic carbocycles. The number of benzene rings is 2. The molecule has 0 spiro atoms. The number of carbonyl (C=O) groups is 2. The number of ketones is 1. The van der Waals surface area contributed by atoms with Crippen molar-refractivity contribution in [1.29, 1.82) is 5.26 Å². The molecular weight excluding hydrogens is 353 g/mol. The number of hydrogen-bond acceptors (Lipinski definition) is 6. The minimum absolute atomic E-state index is 0.140. The largest absolute Gasteiger partial charge is 0.460 e. The van der Waals surface area contributed by atoms with Gasteiger partial charge < -0.3 is 14.2 Å². The van der Waals surface area contributed by atoms with Crippen LogP contribution in [0.5, 0.6) is 11.5 Å². The van der Waals surface area contributed by atoms with Gasteiger partial charge in [-0.05, 0) is 47.9 Å². The van der Waals surface area contributed by atoms with Crippen LogP contribution < -0.4 is 9.47 Å². The molecule has 0 radical (unpaired) electrons. The number of aryl methyl sites for hydroxylation is 1. The fraction of sp³-hybridized carbons (Fsp3) is 0.250. The van der Waals surface area contributed by atoms with Crippen molar-refractivity contribution in [3.05, 3.63) is 58.9 Å². The van der Waals surface area contributed by atoms with Crippen LogP contribution in [0.2, 0.25) is 0 Å². The van der Waals surface area contributed by atoms with Gasteiger partial charge in [0.25, 0.3) is 0 Å². The highest BCUT2D eigenvalue weighted by Gasteiger charge is 2.15. The standard InChI is InChI=1S/C20H16FNO5/c21-16-6-14(10-22)5-15(7-16)11-25-20(24)9-17(23)3-1-13-2-4-18-19(8-13)27-12-26-18/h2,4-8H,1,3,9,11-12H2. The fourth-order valence-corrected chi connectivity index (χ4v) is 2.64. The molecule has 0 saturated heterocycles. The zero-order chi connectivity index (χ0) is 19.2. The lowest BCUT2D eigenvalue weighted by atomic mass is 10.1. The molecule has 138 valence electrons. The van der Waals surface area contributed by atoms with E-state index in [0.717, 1.165) is 11.6 Å². The molecule has 0 saturated carbocycles. The SMILES string of the molecule is N#Cc1cc(F)cc(COC(=O)CC(=O)CCc2ccc3c(c2)OCO3)c1. The van der Waals surface area contributed by atoms with Crippen molar-refractivity contribution in [1.82, 2.24) is 0 Å². The van der Waals surface area contributed by atoms with Crippen LogP contribution in [0.25, 0.3) is 0 Å². The first-order valence-electron chi connectivity index (χ1n) is 8.29. The zero-order valence-electron chi connectivity index (χ0n) is 14.4. The van der Waals surface area contributed by atoms with Crippen LogP contribution in [0, 0.1) is 17.1 Å². The third-order valence-corrected chi connectivity index (χ3v) is 3.96. The average Bonchev–Trinajstić information content (AvgIpc) is 3.12. The van der Waals surface area contributed by atoms with E-state index in [9.17, 15) is 14.0 Å². The van der Waals surface area contributed by atoms with E-state index in [-0.39, 0.29) is 37.6 Å². The van der Waals surface area contributed by atoms with Gasteiger partial charge in [0.1, 0.15) is 24.6 Å². The summed E-state index contributed by atoms with van der Waals surface area (Å²) < 4.78 is 28.8. The summed E-state index contributed by atoms with van der Waals surface area (Å²) in [6.07, 6.45) is 0.302. The molecule has 3 rings (SSSR count). The molecule has 0 unspecified atom stereocenters. The lowest BCUT2D eigenvalue weighted by Crippen LogP contribution is -2.12. The number of rotatable bonds is 7. The Bertz CT molecular complexity index is 919. The predicted octanol–water partition coefficient (Wildman–Crippen LogP) is 3.06. The highest BCUT2D eigenvalue weighted by atomic mass is 19.1. The first-order valence-corrected chi connectivity index (χ1v) is 8.29. The highest BCUT2D eigenvalue weighted by Crippen LogP contribution is 2.32. The number of nitrogens with zero attached hydrogens (tertiary/aromatic N) is 1. The molecule has 0 fully saturated rings. The van der Waals surface area contributed by atoms with Crippen molar-refractivity contribution in [2.24, 2.45) is 0 Å². The van der Waals surface area contributed by atoms with Crippen LogP contribution in [0.4, 0.5) is 4.39 Å². The second-order valence-electron chi connectivity index (χ2n) is 6.02. The normalized spacial score (nSPS) is 11.7. The lowest BCUT2D eigenvalue weighted by molar-refractivity contribution is -0.147. The van der Waals surface area contributed by atoms with E-state index in [0.29, 0.717) is 23.5 Å². The first-order chi connectivity index (χ1) is 13.0. The lowest BCUT2D eigenvalue weighted by Gasteiger charge is -2.06. The van der Waals surface area contributed by atoms with E-state index in [1.165, 1.54) is 12.1 Å². The van der Waals surface area contributed by atoms with Crippen LogP contribution in [0.15, 0.2) is 36.4 Å². The third-order valence-electron chi connectivity index (χ3n) is 3.96. The Morgan fingerprint density at radius 2 is 1.93 bits per heavy atom. The maximum Gasteiger partial charge on any atom is 0.313 e. The summed E-state index contributed by atoms with van der Waals surface area (Å²) in [5.41, 5.74) is 1.40. The molecule has 0 aliphatic carbocycles. The summed E-state index contributed by atoms with van der Waals surface area (Å²) in [7, 11) is 0. The molecule has 0 amide bonds. The van der Waals surface area contributed by atoms with Crippen molar-refractivity contribution >= 4 is 11.8 Å². The van der Waals surface area contributed by atoms with Gasteiger partial charge in [0, 0.05) is 6.42 Å². The Morgan fingerprint density at radius 1 is 1.11 bits per heavy atom. The molecule has 1 aliphatic rings. The number of halogens is 1. The summed E-state index contributed by atoms with van der Waals surface area (Å²) in [6, 6.07) is 11.0. The van der Waals surface area contributed by atoms with E-state index in [2.05, 4.69) is 0 Å². The van der Waals surface area contributed by atoms with Gasteiger partial charge in [-0.15, -0.1) is 0 Å². The van der Waals surface area contributed by atoms with Gasteiger partial charge in [0.05, 0.1) is 11.6 Å². The summed E-state index contributed by atoms with van der Waals surface area (Å²) in [5.74, 6) is -0.209. The van der Waals surface area contributed by atoms with Crippen LogP contribution in [-0.4, -0.2) is 18.5 Å². The number of esters is 1. The summed E-state index contributed by atoms with van der Waals surface area (Å²) >= 11 is 0. The zero-order valence-corrected chi connectivity index (χ0v) is 14.4. The van der Waals surface area contributed by atoms with Gasteiger partial charge in [-0.2, -0.15) is 5.26 Å². The minimum atomic E-state index is -0.687. The van der Waals surface area contributed by atoms with Gasteiger partial charge in [0.15, 0.2) is 11.5 Å². The minimum Gasteiger partial charge on any atom is -0.460 e. The van der Waals surface area contributed by atoms with Gasteiger partial charge in [0.2, 0.25) is 6.79 Å². The Balaban J connectivity index is 1.44. The smallest absolute Gasteiger partial charge is 0.313 e. The monoisotopic (exact) mass is 369 g/mol. The summed E-state index contributed by atoms with van der Waals surface area (Å²) in [6.45, 7) is -0.00849. The first kappa shape index (κ1) is 18.4. The fourth-order valence-electron chi connectivity index (χ4n) is 2.64. The topological polar surface area (TPSA) is 85.6 Å². The molecule has 0 atom stereocenters. The second-order valence-corrected chi connectivity index (χ2v) is 6.02. The van der Waals surface area contributed by atoms with Crippen molar-refractivity contribution in [3.63, 3.8) is 0 Å². The molecule has 6 nitrogen and oxygen atoms in total. The second kappa shape index (κ2) is 8.32. The highest BCUT2D eigenvalue weighted by molar-refractivity contribution is 5.95. The van der Waals surface area contributed by atoms with Crippen LogP contribution in [0.3, 0.4) is 0 Å². The Labute approximate surface area is 155 Å². The molecule has 27 heavy (non-hydrogen) atoms. The Hall–Kier alpha value is -3.40. The maximum atomic E-state index is 13.3. The number of ether oxygens (including phenoxy) is 3. The predicted molar refractivity (Wildman–Crippen MR) is 91.4 cm³/mol. The molecule has 1 heterocycles. The van der Waals surface area contributed by atoms with Crippen LogP contribution >= 0.6 is 0 Å². The van der Waals surface area contributed by atoms with Crippen molar-refractivity contribution in [3.8, 4) is 17.6 Å². The van der Waals surface area contributed by atoms with E-state index < -0.39 is 11.8 Å². The third kappa shape index (κ3) is 5.05. The molecule has 0 N–H and O–H groups in total. The van der Waals surface area contributed by atoms with E-state index in [4.69, 9.17) is 19.5 Å². The summed E-state index contributed by atoms with van der Waals surface area (Å²) in [4.78, 5) is 23.8. The summed E-state index contributed by atoms with van der Waals surface area (Å²) in [5, 5.41) is 8.80. The van der Waals surface area contributed by atoms with Gasteiger partial charge in [-0.25, -0.2) is 4.39 Å². The molecular formula is C20H16FNO5. The van der Waals surface area contributed by atoms with Gasteiger partial charge >= 0.3 is 5.97 Å². The van der Waals surface area contributed by atoms with E-state index in [1.54, 1.807) is 6.07 Å². The van der Waals surface area contributed by atoms with Gasteiger partial charge in [-0.3, -0.25) is 9.59 Å². The molecule has 7 heteroatoms. The van der Waals surface area contributed by atoms with Gasteiger partial charge in [-0.1, -0.05) is 6.07 Å². The van der Waals surface area contributed by atoms with E-state index in [1.807, 2.05) is 18.2 Å². The van der Waals surface area contributed by atoms with Crippen molar-refractivity contribution in [2.75, 3.05) is 6.79 Å². The van der Waals surface area contributed by atoms with Crippen LogP contribution in [-0.2, 0) is 27.4 Å². The molecule has 1 aliphatic heterocycles.